The second-order valence-electron chi connectivity index (χ2n) is 8.34. The summed E-state index contributed by atoms with van der Waals surface area (Å²) >= 11 is 0. The first kappa shape index (κ1) is 16.5. The van der Waals surface area contributed by atoms with Gasteiger partial charge in [0, 0.05) is 0 Å². The Morgan fingerprint density at radius 2 is 1.05 bits per heavy atom. The van der Waals surface area contributed by atoms with Crippen LogP contribution in [0.15, 0.2) is 0 Å². The SMILES string of the molecule is Bc1c(B)c(C(C)(C)C)c(B)c(B)c1CC(C)(C)C. The monoisotopic (exact) mass is 252 g/mol. The molecule has 0 saturated heterocycles. The summed E-state index contributed by atoms with van der Waals surface area (Å²) in [5.74, 6) is 0. The van der Waals surface area contributed by atoms with Gasteiger partial charge in [0.2, 0.25) is 0 Å². The van der Waals surface area contributed by atoms with Crippen LogP contribution in [0.3, 0.4) is 0 Å². The van der Waals surface area contributed by atoms with Crippen LogP contribution in [0.2, 0.25) is 0 Å². The van der Waals surface area contributed by atoms with Gasteiger partial charge in [0.15, 0.2) is 0 Å². The van der Waals surface area contributed by atoms with Gasteiger partial charge in [0.1, 0.15) is 31.4 Å². The summed E-state index contributed by atoms with van der Waals surface area (Å²) in [7, 11) is 9.21. The second kappa shape index (κ2) is 5.11. The predicted octanol–water partition coefficient (Wildman–Crippen LogP) is -2.39. The van der Waals surface area contributed by atoms with Gasteiger partial charge in [0.05, 0.1) is 0 Å². The van der Waals surface area contributed by atoms with Crippen molar-refractivity contribution in [2.45, 2.75) is 53.4 Å². The van der Waals surface area contributed by atoms with Crippen molar-refractivity contribution in [3.8, 4) is 0 Å². The van der Waals surface area contributed by atoms with E-state index in [1.807, 2.05) is 0 Å². The molecule has 1 rings (SSSR count). The van der Waals surface area contributed by atoms with E-state index in [0.717, 1.165) is 6.42 Å². The topological polar surface area (TPSA) is 0 Å². The number of rotatable bonds is 1. The Kier molecular flexibility index (Phi) is 4.45. The van der Waals surface area contributed by atoms with Crippen molar-refractivity contribution >= 4 is 53.2 Å². The zero-order valence-electron chi connectivity index (χ0n) is 14.7. The first-order valence-corrected chi connectivity index (χ1v) is 7.46. The van der Waals surface area contributed by atoms with Crippen LogP contribution < -0.4 is 21.9 Å². The molecule has 0 amide bonds. The molecular formula is C15H28B4. The first-order chi connectivity index (χ1) is 8.36. The van der Waals surface area contributed by atoms with Crippen LogP contribution in [0.25, 0.3) is 0 Å². The lowest BCUT2D eigenvalue weighted by atomic mass is 9.59. The fraction of sp³-hybridized carbons (Fsp3) is 0.600. The van der Waals surface area contributed by atoms with E-state index in [9.17, 15) is 0 Å². The molecule has 0 saturated carbocycles. The number of hydrogen-bond acceptors (Lipinski definition) is 0. The maximum atomic E-state index is 2.33. The minimum Gasteiger partial charge on any atom is -0.0923 e. The van der Waals surface area contributed by atoms with Crippen molar-refractivity contribution in [2.24, 2.45) is 5.41 Å². The van der Waals surface area contributed by atoms with Crippen molar-refractivity contribution < 1.29 is 0 Å². The summed E-state index contributed by atoms with van der Waals surface area (Å²) < 4.78 is 0. The number of hydrogen-bond donors (Lipinski definition) is 0. The van der Waals surface area contributed by atoms with Gasteiger partial charge in [-0.2, -0.15) is 0 Å². The molecule has 1 aromatic rings. The van der Waals surface area contributed by atoms with Gasteiger partial charge >= 0.3 is 0 Å². The maximum Gasteiger partial charge on any atom is 0.138 e. The molecule has 4 heteroatoms. The van der Waals surface area contributed by atoms with Crippen molar-refractivity contribution in [2.75, 3.05) is 0 Å². The van der Waals surface area contributed by atoms with Crippen molar-refractivity contribution in [1.82, 2.24) is 0 Å². The Hall–Kier alpha value is -0.520. The van der Waals surface area contributed by atoms with Gasteiger partial charge in [-0.05, 0) is 17.3 Å². The average molecular weight is 252 g/mol. The first-order valence-electron chi connectivity index (χ1n) is 7.46. The van der Waals surface area contributed by atoms with Crippen molar-refractivity contribution in [1.29, 1.82) is 0 Å². The molecule has 0 N–H and O–H groups in total. The predicted molar refractivity (Wildman–Crippen MR) is 101 cm³/mol. The van der Waals surface area contributed by atoms with E-state index in [1.165, 1.54) is 21.9 Å². The molecule has 0 spiro atoms. The van der Waals surface area contributed by atoms with Crippen molar-refractivity contribution in [3.05, 3.63) is 11.1 Å². The molecule has 0 aliphatic carbocycles. The highest BCUT2D eigenvalue weighted by molar-refractivity contribution is 6.58. The zero-order chi connectivity index (χ0) is 15.2. The molecule has 100 valence electrons. The highest BCUT2D eigenvalue weighted by Crippen LogP contribution is 2.20. The minimum absolute atomic E-state index is 0.226. The third-order valence-corrected chi connectivity index (χ3v) is 4.24. The smallest absolute Gasteiger partial charge is 0.0923 e. The lowest BCUT2D eigenvalue weighted by molar-refractivity contribution is 0.413. The number of benzene rings is 1. The van der Waals surface area contributed by atoms with E-state index in [2.05, 4.69) is 72.9 Å². The third-order valence-electron chi connectivity index (χ3n) is 4.24. The Balaban J connectivity index is 3.57. The molecule has 0 aliphatic heterocycles. The van der Waals surface area contributed by atoms with Gasteiger partial charge in [-0.15, -0.1) is 0 Å². The average Bonchev–Trinajstić information content (AvgIpc) is 2.18. The molecular weight excluding hydrogens is 223 g/mol. The lowest BCUT2D eigenvalue weighted by Crippen LogP contribution is -2.51. The molecule has 0 bridgehead atoms. The van der Waals surface area contributed by atoms with Crippen LogP contribution in [-0.2, 0) is 11.8 Å². The third kappa shape index (κ3) is 3.52. The molecule has 0 aliphatic rings. The summed E-state index contributed by atoms with van der Waals surface area (Å²) in [6.07, 6.45) is 1.16. The maximum absolute atomic E-state index is 2.33. The molecule has 0 radical (unpaired) electrons. The van der Waals surface area contributed by atoms with E-state index in [-0.39, 0.29) is 5.41 Å². The quantitative estimate of drug-likeness (QED) is 0.489. The van der Waals surface area contributed by atoms with E-state index < -0.39 is 0 Å². The van der Waals surface area contributed by atoms with Crippen LogP contribution in [-0.4, -0.2) is 31.4 Å². The molecule has 0 fully saturated rings. The van der Waals surface area contributed by atoms with E-state index in [4.69, 9.17) is 0 Å². The molecule has 0 atom stereocenters. The molecule has 0 aromatic heterocycles. The van der Waals surface area contributed by atoms with Crippen molar-refractivity contribution in [3.63, 3.8) is 0 Å². The minimum atomic E-state index is 0.226. The van der Waals surface area contributed by atoms with E-state index in [0.29, 0.717) is 5.41 Å². The van der Waals surface area contributed by atoms with E-state index >= 15 is 0 Å². The van der Waals surface area contributed by atoms with Crippen LogP contribution in [0, 0.1) is 5.41 Å². The normalized spacial score (nSPS) is 12.7. The van der Waals surface area contributed by atoms with Gasteiger partial charge in [-0.3, -0.25) is 0 Å². The molecule has 1 aromatic carbocycles. The summed E-state index contributed by atoms with van der Waals surface area (Å²) in [4.78, 5) is 0. The summed E-state index contributed by atoms with van der Waals surface area (Å²) in [6.45, 7) is 14.0. The van der Waals surface area contributed by atoms with Gasteiger partial charge in [0.25, 0.3) is 0 Å². The Morgan fingerprint density at radius 1 is 0.684 bits per heavy atom. The summed E-state index contributed by atoms with van der Waals surface area (Å²) in [6, 6.07) is 0. The standard InChI is InChI=1S/C15H28B4/c1-14(2,3)7-8-10(16)12(18)9(15(4,5)6)13(19)11(8)17/h7,16-19H2,1-6H3. The Labute approximate surface area is 123 Å². The summed E-state index contributed by atoms with van der Waals surface area (Å²) in [5, 5.41) is 0. The molecule has 0 nitrogen and oxygen atoms in total. The van der Waals surface area contributed by atoms with Crippen LogP contribution >= 0.6 is 0 Å². The largest absolute Gasteiger partial charge is 0.138 e. The molecule has 19 heavy (non-hydrogen) atoms. The Morgan fingerprint density at radius 3 is 1.32 bits per heavy atom. The fourth-order valence-electron chi connectivity index (χ4n) is 3.31. The summed E-state index contributed by atoms with van der Waals surface area (Å²) in [5.41, 5.74) is 9.67. The highest BCUT2D eigenvalue weighted by atomic mass is 14.3. The van der Waals surface area contributed by atoms with Gasteiger partial charge in [-0.1, -0.05) is 74.5 Å². The van der Waals surface area contributed by atoms with Crippen LogP contribution in [0.5, 0.6) is 0 Å². The molecule has 0 heterocycles. The second-order valence-corrected chi connectivity index (χ2v) is 8.34. The van der Waals surface area contributed by atoms with E-state index in [1.54, 1.807) is 11.1 Å². The van der Waals surface area contributed by atoms with Crippen LogP contribution in [0.4, 0.5) is 0 Å². The molecule has 0 unspecified atom stereocenters. The van der Waals surface area contributed by atoms with Crippen LogP contribution in [0.1, 0.15) is 52.7 Å². The Bertz CT molecular complexity index is 461. The lowest BCUT2D eigenvalue weighted by Gasteiger charge is -2.32. The zero-order valence-corrected chi connectivity index (χ0v) is 14.7. The van der Waals surface area contributed by atoms with Gasteiger partial charge < -0.3 is 0 Å². The van der Waals surface area contributed by atoms with Gasteiger partial charge in [-0.25, -0.2) is 0 Å². The highest BCUT2D eigenvalue weighted by Gasteiger charge is 2.24. The fourth-order valence-corrected chi connectivity index (χ4v) is 3.31.